The Kier molecular flexibility index (Phi) is 5.90. The van der Waals surface area contributed by atoms with Crippen molar-refractivity contribution < 1.29 is 24.6 Å². The van der Waals surface area contributed by atoms with E-state index in [0.717, 1.165) is 5.56 Å². The van der Waals surface area contributed by atoms with Crippen molar-refractivity contribution >= 4 is 17.7 Å². The third-order valence-corrected chi connectivity index (χ3v) is 5.89. The number of hydrogen-bond acceptors (Lipinski definition) is 5. The van der Waals surface area contributed by atoms with Crippen LogP contribution in [0.25, 0.3) is 0 Å². The summed E-state index contributed by atoms with van der Waals surface area (Å²) in [6.45, 7) is 0.357. The maximum absolute atomic E-state index is 12.9. The van der Waals surface area contributed by atoms with E-state index in [4.69, 9.17) is 0 Å². The molecule has 2 saturated heterocycles. The van der Waals surface area contributed by atoms with Gasteiger partial charge >= 0.3 is 0 Å². The van der Waals surface area contributed by atoms with Gasteiger partial charge in [0.15, 0.2) is 6.10 Å². The lowest BCUT2D eigenvalue weighted by atomic mass is 9.91. The van der Waals surface area contributed by atoms with Crippen LogP contribution < -0.4 is 10.6 Å². The highest BCUT2D eigenvalue weighted by Crippen LogP contribution is 2.24. The van der Waals surface area contributed by atoms with Crippen LogP contribution in [0, 0.1) is 0 Å². The molecule has 2 aromatic rings. The third kappa shape index (κ3) is 4.54. The smallest absolute Gasteiger partial charge is 0.253 e. The van der Waals surface area contributed by atoms with E-state index in [9.17, 15) is 24.6 Å². The van der Waals surface area contributed by atoms with Crippen LogP contribution in [0.4, 0.5) is 0 Å². The molecule has 2 heterocycles. The van der Waals surface area contributed by atoms with Crippen molar-refractivity contribution in [3.05, 3.63) is 65.7 Å². The summed E-state index contributed by atoms with van der Waals surface area (Å²) in [6.07, 6.45) is -0.126. The maximum Gasteiger partial charge on any atom is 0.253 e. The average Bonchev–Trinajstić information content (AvgIpc) is 2.79. The summed E-state index contributed by atoms with van der Waals surface area (Å²) in [5.74, 6) is -0.764. The Morgan fingerprint density at radius 1 is 1.13 bits per heavy atom. The number of aromatic hydroxyl groups is 1. The number of aliphatic hydroxyl groups excluding tert-OH is 1. The zero-order chi connectivity index (χ0) is 22.0. The standard InChI is InChI=1S/C23H25N3O5/c27-17-8-6-14(7-9-17)12-18-23(31)26-11-10-16(13-19(26)21(29)25-18)24-22(30)20(28)15-4-2-1-3-5-15/h1-9,16,18-20,27-28H,10-13H2,(H,24,30)(H,25,29)/t16-,18+,19-,20-/m0/s1. The molecule has 2 fully saturated rings. The molecular formula is C23H25N3O5. The van der Waals surface area contributed by atoms with Gasteiger partial charge in [-0.25, -0.2) is 0 Å². The highest BCUT2D eigenvalue weighted by atomic mass is 16.3. The molecule has 4 atom stereocenters. The molecule has 2 aliphatic rings. The molecule has 4 rings (SSSR count). The SMILES string of the molecule is O=C(N[C@H]1CCN2C(=O)[C@@H](Cc3ccc(O)cc3)NC(=O)[C@@H]2C1)[C@@H](O)c1ccccc1. The molecule has 0 spiro atoms. The number of phenolic OH excluding ortho intramolecular Hbond substituents is 1. The number of benzene rings is 2. The number of piperazine rings is 1. The Labute approximate surface area is 179 Å². The number of aliphatic hydroxyl groups is 1. The number of phenols is 1. The van der Waals surface area contributed by atoms with Crippen LogP contribution in [0.15, 0.2) is 54.6 Å². The minimum absolute atomic E-state index is 0.143. The second kappa shape index (κ2) is 8.77. The molecular weight excluding hydrogens is 398 g/mol. The fraction of sp³-hybridized carbons (Fsp3) is 0.348. The minimum atomic E-state index is -1.28. The van der Waals surface area contributed by atoms with Crippen molar-refractivity contribution in [2.45, 2.75) is 43.5 Å². The van der Waals surface area contributed by atoms with E-state index in [1.165, 1.54) is 0 Å². The van der Waals surface area contributed by atoms with Crippen LogP contribution >= 0.6 is 0 Å². The molecule has 2 aliphatic heterocycles. The second-order valence-electron chi connectivity index (χ2n) is 8.02. The summed E-state index contributed by atoms with van der Waals surface area (Å²) in [4.78, 5) is 39.7. The topological polar surface area (TPSA) is 119 Å². The van der Waals surface area contributed by atoms with E-state index >= 15 is 0 Å². The van der Waals surface area contributed by atoms with Crippen molar-refractivity contribution in [3.63, 3.8) is 0 Å². The summed E-state index contributed by atoms with van der Waals surface area (Å²) in [6, 6.07) is 13.6. The number of rotatable bonds is 5. The number of carbonyl (C=O) groups is 3. The number of nitrogens with one attached hydrogen (secondary N) is 2. The van der Waals surface area contributed by atoms with Gasteiger partial charge in [-0.05, 0) is 36.1 Å². The molecule has 0 radical (unpaired) electrons. The van der Waals surface area contributed by atoms with Crippen LogP contribution in [-0.4, -0.2) is 57.5 Å². The van der Waals surface area contributed by atoms with E-state index in [-0.39, 0.29) is 23.6 Å². The molecule has 0 saturated carbocycles. The van der Waals surface area contributed by atoms with Crippen LogP contribution in [-0.2, 0) is 20.8 Å². The molecule has 3 amide bonds. The lowest BCUT2D eigenvalue weighted by Crippen LogP contribution is -2.67. The maximum atomic E-state index is 12.9. The van der Waals surface area contributed by atoms with Gasteiger partial charge in [-0.3, -0.25) is 14.4 Å². The molecule has 162 valence electrons. The summed E-state index contributed by atoms with van der Waals surface area (Å²) < 4.78 is 0. The Morgan fingerprint density at radius 3 is 2.55 bits per heavy atom. The van der Waals surface area contributed by atoms with Gasteiger partial charge in [0.2, 0.25) is 11.8 Å². The van der Waals surface area contributed by atoms with Crippen molar-refractivity contribution in [1.29, 1.82) is 0 Å². The Bertz CT molecular complexity index is 963. The first kappa shape index (κ1) is 20.9. The fourth-order valence-electron chi connectivity index (χ4n) is 4.21. The highest BCUT2D eigenvalue weighted by molar-refractivity contribution is 5.97. The lowest BCUT2D eigenvalue weighted by molar-refractivity contribution is -0.152. The number of hydrogen-bond donors (Lipinski definition) is 4. The second-order valence-corrected chi connectivity index (χ2v) is 8.02. The van der Waals surface area contributed by atoms with Crippen molar-refractivity contribution in [3.8, 4) is 5.75 Å². The quantitative estimate of drug-likeness (QED) is 0.563. The van der Waals surface area contributed by atoms with Crippen LogP contribution in [0.3, 0.4) is 0 Å². The van der Waals surface area contributed by atoms with Gasteiger partial charge in [-0.15, -0.1) is 0 Å². The van der Waals surface area contributed by atoms with E-state index in [0.29, 0.717) is 31.4 Å². The number of piperidine rings is 1. The van der Waals surface area contributed by atoms with Crippen LogP contribution in [0.2, 0.25) is 0 Å². The molecule has 0 aliphatic carbocycles. The van der Waals surface area contributed by atoms with E-state index in [1.54, 1.807) is 59.5 Å². The van der Waals surface area contributed by atoms with Crippen LogP contribution in [0.5, 0.6) is 5.75 Å². The average molecular weight is 423 g/mol. The molecule has 31 heavy (non-hydrogen) atoms. The van der Waals surface area contributed by atoms with E-state index in [2.05, 4.69) is 10.6 Å². The number of nitrogens with zero attached hydrogens (tertiary/aromatic N) is 1. The monoisotopic (exact) mass is 423 g/mol. The Balaban J connectivity index is 1.37. The van der Waals surface area contributed by atoms with Crippen molar-refractivity contribution in [2.75, 3.05) is 6.54 Å². The number of fused-ring (bicyclic) bond motifs is 1. The molecule has 8 heteroatoms. The first-order chi connectivity index (χ1) is 14.9. The summed E-state index contributed by atoms with van der Waals surface area (Å²) in [5.41, 5.74) is 1.34. The summed E-state index contributed by atoms with van der Waals surface area (Å²) in [5, 5.41) is 25.3. The Hall–Kier alpha value is -3.39. The van der Waals surface area contributed by atoms with E-state index in [1.807, 2.05) is 0 Å². The van der Waals surface area contributed by atoms with Gasteiger partial charge in [0.25, 0.3) is 5.91 Å². The third-order valence-electron chi connectivity index (χ3n) is 5.89. The molecule has 2 aromatic carbocycles. The zero-order valence-corrected chi connectivity index (χ0v) is 16.9. The van der Waals surface area contributed by atoms with Gasteiger partial charge in [0.05, 0.1) is 0 Å². The van der Waals surface area contributed by atoms with Crippen molar-refractivity contribution in [1.82, 2.24) is 15.5 Å². The summed E-state index contributed by atoms with van der Waals surface area (Å²) >= 11 is 0. The van der Waals surface area contributed by atoms with Gasteiger partial charge in [-0.2, -0.15) is 0 Å². The van der Waals surface area contributed by atoms with Gasteiger partial charge in [-0.1, -0.05) is 42.5 Å². The van der Waals surface area contributed by atoms with Crippen molar-refractivity contribution in [2.24, 2.45) is 0 Å². The molecule has 0 unspecified atom stereocenters. The predicted molar refractivity (Wildman–Crippen MR) is 112 cm³/mol. The molecule has 0 aromatic heterocycles. The molecule has 0 bridgehead atoms. The normalized spacial score (nSPS) is 24.2. The van der Waals surface area contributed by atoms with Gasteiger partial charge in [0, 0.05) is 19.0 Å². The molecule has 4 N–H and O–H groups in total. The number of amides is 3. The predicted octanol–water partition coefficient (Wildman–Crippen LogP) is 0.642. The van der Waals surface area contributed by atoms with Gasteiger partial charge < -0.3 is 25.7 Å². The fourth-order valence-corrected chi connectivity index (χ4v) is 4.21. The lowest BCUT2D eigenvalue weighted by Gasteiger charge is -2.44. The minimum Gasteiger partial charge on any atom is -0.508 e. The van der Waals surface area contributed by atoms with E-state index < -0.39 is 24.1 Å². The first-order valence-corrected chi connectivity index (χ1v) is 10.3. The zero-order valence-electron chi connectivity index (χ0n) is 16.9. The van der Waals surface area contributed by atoms with Gasteiger partial charge in [0.1, 0.15) is 17.8 Å². The number of carbonyl (C=O) groups excluding carboxylic acids is 3. The first-order valence-electron chi connectivity index (χ1n) is 10.3. The Morgan fingerprint density at radius 2 is 1.84 bits per heavy atom. The largest absolute Gasteiger partial charge is 0.508 e. The highest BCUT2D eigenvalue weighted by Gasteiger charge is 2.44. The molecule has 8 nitrogen and oxygen atoms in total. The summed E-state index contributed by atoms with van der Waals surface area (Å²) in [7, 11) is 0. The van der Waals surface area contributed by atoms with Crippen LogP contribution in [0.1, 0.15) is 30.1 Å².